The third kappa shape index (κ3) is 4.39. The van der Waals surface area contributed by atoms with Crippen LogP contribution >= 0.6 is 11.8 Å². The third-order valence-corrected chi connectivity index (χ3v) is 5.19. The van der Waals surface area contributed by atoms with Gasteiger partial charge in [-0.1, -0.05) is 17.8 Å². The van der Waals surface area contributed by atoms with Crippen LogP contribution in [0.25, 0.3) is 0 Å². The highest BCUT2D eigenvalue weighted by Gasteiger charge is 2.21. The van der Waals surface area contributed by atoms with E-state index in [9.17, 15) is 4.79 Å². The van der Waals surface area contributed by atoms with Crippen molar-refractivity contribution >= 4 is 23.5 Å². The van der Waals surface area contributed by atoms with Crippen molar-refractivity contribution < 1.29 is 14.3 Å². The van der Waals surface area contributed by atoms with Crippen molar-refractivity contribution in [3.05, 3.63) is 48.5 Å². The number of anilines is 1. The Morgan fingerprint density at radius 1 is 0.960 bits per heavy atom. The van der Waals surface area contributed by atoms with E-state index >= 15 is 0 Å². The number of carbonyl (C=O) groups is 1. The molecule has 0 spiro atoms. The molecule has 0 radical (unpaired) electrons. The molecule has 1 aliphatic rings. The molecule has 0 aromatic heterocycles. The lowest BCUT2D eigenvalue weighted by Gasteiger charge is -2.35. The molecule has 6 heteroatoms. The number of methoxy groups -OCH3 is 2. The molecule has 1 saturated heterocycles. The molecule has 0 bridgehead atoms. The SMILES string of the molecule is COC(=O)N1CCN(c2ccc(Sc3cccc(OC)c3)cc2)CC1. The lowest BCUT2D eigenvalue weighted by molar-refractivity contribution is 0.121. The molecule has 1 aliphatic heterocycles. The summed E-state index contributed by atoms with van der Waals surface area (Å²) in [4.78, 5) is 17.9. The number of rotatable bonds is 4. The minimum atomic E-state index is -0.246. The highest BCUT2D eigenvalue weighted by Crippen LogP contribution is 2.31. The fourth-order valence-electron chi connectivity index (χ4n) is 2.80. The molecule has 132 valence electrons. The van der Waals surface area contributed by atoms with E-state index in [4.69, 9.17) is 9.47 Å². The van der Waals surface area contributed by atoms with Gasteiger partial charge in [-0.15, -0.1) is 0 Å². The molecule has 3 rings (SSSR count). The van der Waals surface area contributed by atoms with Gasteiger partial charge in [0.05, 0.1) is 14.2 Å². The van der Waals surface area contributed by atoms with E-state index in [0.29, 0.717) is 13.1 Å². The predicted octanol–water partition coefficient (Wildman–Crippen LogP) is 3.73. The maximum absolute atomic E-state index is 11.5. The smallest absolute Gasteiger partial charge is 0.409 e. The molecule has 5 nitrogen and oxygen atoms in total. The van der Waals surface area contributed by atoms with Crippen molar-refractivity contribution in [2.24, 2.45) is 0 Å². The van der Waals surface area contributed by atoms with E-state index in [1.807, 2.05) is 18.2 Å². The Labute approximate surface area is 152 Å². The molecule has 0 aliphatic carbocycles. The topological polar surface area (TPSA) is 42.0 Å². The van der Waals surface area contributed by atoms with Crippen LogP contribution in [-0.4, -0.2) is 51.4 Å². The molecule has 1 amide bonds. The number of benzene rings is 2. The van der Waals surface area contributed by atoms with Crippen LogP contribution < -0.4 is 9.64 Å². The summed E-state index contributed by atoms with van der Waals surface area (Å²) in [5.41, 5.74) is 1.18. The Hall–Kier alpha value is -2.34. The van der Waals surface area contributed by atoms with Gasteiger partial charge in [-0.2, -0.15) is 0 Å². The Balaban J connectivity index is 1.60. The average Bonchev–Trinajstić information content (AvgIpc) is 2.68. The Bertz CT molecular complexity index is 713. The summed E-state index contributed by atoms with van der Waals surface area (Å²) in [6, 6.07) is 16.6. The second-order valence-corrected chi connectivity index (χ2v) is 6.87. The second-order valence-electron chi connectivity index (χ2n) is 5.72. The van der Waals surface area contributed by atoms with Crippen LogP contribution in [0.5, 0.6) is 5.75 Å². The first kappa shape index (κ1) is 17.5. The van der Waals surface area contributed by atoms with Crippen molar-refractivity contribution in [1.82, 2.24) is 4.90 Å². The quantitative estimate of drug-likeness (QED) is 0.833. The first-order valence-electron chi connectivity index (χ1n) is 8.19. The zero-order valence-corrected chi connectivity index (χ0v) is 15.3. The molecule has 0 atom stereocenters. The summed E-state index contributed by atoms with van der Waals surface area (Å²) < 4.78 is 10.0. The van der Waals surface area contributed by atoms with Crippen LogP contribution in [-0.2, 0) is 4.74 Å². The Morgan fingerprint density at radius 2 is 1.68 bits per heavy atom. The fourth-order valence-corrected chi connectivity index (χ4v) is 3.67. The van der Waals surface area contributed by atoms with Gasteiger partial charge in [0.2, 0.25) is 0 Å². The number of nitrogens with zero attached hydrogens (tertiary/aromatic N) is 2. The van der Waals surface area contributed by atoms with Crippen LogP contribution in [0, 0.1) is 0 Å². The number of amides is 1. The normalized spacial score (nSPS) is 14.3. The lowest BCUT2D eigenvalue weighted by Crippen LogP contribution is -2.48. The Kier molecular flexibility index (Phi) is 5.71. The van der Waals surface area contributed by atoms with Gasteiger partial charge in [0, 0.05) is 41.7 Å². The first-order chi connectivity index (χ1) is 12.2. The second kappa shape index (κ2) is 8.16. The van der Waals surface area contributed by atoms with E-state index in [1.165, 1.54) is 17.7 Å². The van der Waals surface area contributed by atoms with E-state index in [1.54, 1.807) is 23.8 Å². The van der Waals surface area contributed by atoms with Crippen molar-refractivity contribution in [2.45, 2.75) is 9.79 Å². The van der Waals surface area contributed by atoms with E-state index in [0.717, 1.165) is 23.7 Å². The van der Waals surface area contributed by atoms with Gasteiger partial charge in [-0.05, 0) is 42.5 Å². The van der Waals surface area contributed by atoms with E-state index in [-0.39, 0.29) is 6.09 Å². The standard InChI is InChI=1S/C19H22N2O3S/c1-23-16-4-3-5-18(14-16)25-17-8-6-15(7-9-17)20-10-12-21(13-11-20)19(22)24-2/h3-9,14H,10-13H2,1-2H3. The van der Waals surface area contributed by atoms with Gasteiger partial charge in [-0.3, -0.25) is 0 Å². The van der Waals surface area contributed by atoms with E-state index < -0.39 is 0 Å². The van der Waals surface area contributed by atoms with Gasteiger partial charge in [0.25, 0.3) is 0 Å². The summed E-state index contributed by atoms with van der Waals surface area (Å²) in [5, 5.41) is 0. The maximum Gasteiger partial charge on any atom is 0.409 e. The molecule has 25 heavy (non-hydrogen) atoms. The lowest BCUT2D eigenvalue weighted by atomic mass is 10.2. The minimum absolute atomic E-state index is 0.246. The summed E-state index contributed by atoms with van der Waals surface area (Å²) >= 11 is 1.71. The van der Waals surface area contributed by atoms with E-state index in [2.05, 4.69) is 35.2 Å². The summed E-state index contributed by atoms with van der Waals surface area (Å²) in [5.74, 6) is 0.866. The van der Waals surface area contributed by atoms with Crippen molar-refractivity contribution in [1.29, 1.82) is 0 Å². The van der Waals surface area contributed by atoms with Gasteiger partial charge < -0.3 is 19.3 Å². The largest absolute Gasteiger partial charge is 0.497 e. The Morgan fingerprint density at radius 3 is 2.32 bits per heavy atom. The summed E-state index contributed by atoms with van der Waals surface area (Å²) in [6.07, 6.45) is -0.246. The van der Waals surface area contributed by atoms with Crippen molar-refractivity contribution in [3.63, 3.8) is 0 Å². The molecular weight excluding hydrogens is 336 g/mol. The maximum atomic E-state index is 11.5. The van der Waals surface area contributed by atoms with Crippen LogP contribution in [0.4, 0.5) is 10.5 Å². The zero-order chi connectivity index (χ0) is 17.6. The molecule has 2 aromatic carbocycles. The zero-order valence-electron chi connectivity index (χ0n) is 14.5. The van der Waals surface area contributed by atoms with Crippen LogP contribution in [0.15, 0.2) is 58.3 Å². The number of ether oxygens (including phenoxy) is 2. The average molecular weight is 358 g/mol. The first-order valence-corrected chi connectivity index (χ1v) is 9.01. The van der Waals surface area contributed by atoms with Gasteiger partial charge in [0.15, 0.2) is 0 Å². The molecule has 2 aromatic rings. The predicted molar refractivity (Wildman–Crippen MR) is 99.8 cm³/mol. The summed E-state index contributed by atoms with van der Waals surface area (Å²) in [6.45, 7) is 3.01. The molecule has 1 heterocycles. The third-order valence-electron chi connectivity index (χ3n) is 4.19. The number of carbonyl (C=O) groups excluding carboxylic acids is 1. The van der Waals surface area contributed by atoms with Gasteiger partial charge in [0.1, 0.15) is 5.75 Å². The van der Waals surface area contributed by atoms with Crippen molar-refractivity contribution in [2.75, 3.05) is 45.3 Å². The molecule has 0 unspecified atom stereocenters. The number of hydrogen-bond acceptors (Lipinski definition) is 5. The van der Waals surface area contributed by atoms with Crippen LogP contribution in [0.1, 0.15) is 0 Å². The highest BCUT2D eigenvalue weighted by molar-refractivity contribution is 7.99. The summed E-state index contributed by atoms with van der Waals surface area (Å²) in [7, 11) is 3.10. The molecule has 0 saturated carbocycles. The molecular formula is C19H22N2O3S. The number of piperazine rings is 1. The molecule has 1 fully saturated rings. The van der Waals surface area contributed by atoms with Crippen LogP contribution in [0.3, 0.4) is 0 Å². The van der Waals surface area contributed by atoms with Gasteiger partial charge in [-0.25, -0.2) is 4.79 Å². The van der Waals surface area contributed by atoms with Crippen LogP contribution in [0.2, 0.25) is 0 Å². The minimum Gasteiger partial charge on any atom is -0.497 e. The van der Waals surface area contributed by atoms with Gasteiger partial charge >= 0.3 is 6.09 Å². The monoisotopic (exact) mass is 358 g/mol. The number of hydrogen-bond donors (Lipinski definition) is 0. The van der Waals surface area contributed by atoms with Crippen molar-refractivity contribution in [3.8, 4) is 5.75 Å². The fraction of sp³-hybridized carbons (Fsp3) is 0.316. The molecule has 0 N–H and O–H groups in total. The highest BCUT2D eigenvalue weighted by atomic mass is 32.2.